The first kappa shape index (κ1) is 13.8. The molecule has 1 fully saturated rings. The smallest absolute Gasteiger partial charge is 0.315 e. The van der Waals surface area contributed by atoms with E-state index in [1.165, 1.54) is 0 Å². The summed E-state index contributed by atoms with van der Waals surface area (Å²) >= 11 is 0. The molecule has 0 spiro atoms. The van der Waals surface area contributed by atoms with Gasteiger partial charge in [-0.2, -0.15) is 0 Å². The van der Waals surface area contributed by atoms with Crippen LogP contribution in [0.2, 0.25) is 0 Å². The highest BCUT2D eigenvalue weighted by atomic mass is 16.2. The number of hydrogen-bond acceptors (Lipinski definition) is 2. The fourth-order valence-corrected chi connectivity index (χ4v) is 1.99. The van der Waals surface area contributed by atoms with E-state index < -0.39 is 0 Å². The molecular formula is C12H23N3O2. The van der Waals surface area contributed by atoms with Crippen molar-refractivity contribution in [3.05, 3.63) is 0 Å². The molecule has 0 aromatic carbocycles. The third-order valence-corrected chi connectivity index (χ3v) is 2.55. The highest BCUT2D eigenvalue weighted by Gasteiger charge is 2.32. The lowest BCUT2D eigenvalue weighted by atomic mass is 9.96. The molecule has 0 aromatic heterocycles. The largest absolute Gasteiger partial charge is 0.340 e. The van der Waals surface area contributed by atoms with Crippen molar-refractivity contribution in [2.45, 2.75) is 40.2 Å². The topological polar surface area (TPSA) is 61.4 Å². The Bertz CT molecular complexity index is 297. The predicted molar refractivity (Wildman–Crippen MR) is 66.6 cm³/mol. The molecule has 1 aliphatic rings. The molecule has 2 N–H and O–H groups in total. The van der Waals surface area contributed by atoms with Crippen molar-refractivity contribution in [2.24, 2.45) is 5.41 Å². The van der Waals surface area contributed by atoms with Crippen molar-refractivity contribution in [3.63, 3.8) is 0 Å². The first-order chi connectivity index (χ1) is 7.81. The van der Waals surface area contributed by atoms with Crippen LogP contribution in [0.5, 0.6) is 0 Å². The van der Waals surface area contributed by atoms with Gasteiger partial charge in [-0.1, -0.05) is 20.8 Å². The van der Waals surface area contributed by atoms with Gasteiger partial charge >= 0.3 is 6.03 Å². The summed E-state index contributed by atoms with van der Waals surface area (Å²) in [5, 5.41) is 5.48. The van der Waals surface area contributed by atoms with E-state index in [1.54, 1.807) is 0 Å². The molecule has 0 aliphatic carbocycles. The van der Waals surface area contributed by atoms with Gasteiger partial charge < -0.3 is 15.5 Å². The molecule has 3 amide bonds. The van der Waals surface area contributed by atoms with Gasteiger partial charge in [-0.05, 0) is 12.3 Å². The molecule has 0 bridgehead atoms. The van der Waals surface area contributed by atoms with Crippen LogP contribution in [0.4, 0.5) is 4.79 Å². The van der Waals surface area contributed by atoms with Crippen LogP contribution >= 0.6 is 0 Å². The van der Waals surface area contributed by atoms with Crippen molar-refractivity contribution < 1.29 is 9.59 Å². The van der Waals surface area contributed by atoms with Crippen LogP contribution in [0.25, 0.3) is 0 Å². The number of hydrogen-bond donors (Lipinski definition) is 2. The minimum Gasteiger partial charge on any atom is -0.340 e. The molecule has 1 rings (SSSR count). The van der Waals surface area contributed by atoms with E-state index in [2.05, 4.69) is 31.4 Å². The molecule has 98 valence electrons. The number of rotatable bonds is 3. The Morgan fingerprint density at radius 2 is 2.12 bits per heavy atom. The molecule has 1 aliphatic heterocycles. The van der Waals surface area contributed by atoms with Gasteiger partial charge in [0, 0.05) is 26.1 Å². The number of nitrogens with one attached hydrogen (secondary N) is 2. The van der Waals surface area contributed by atoms with Gasteiger partial charge in [0.25, 0.3) is 0 Å². The maximum absolute atomic E-state index is 11.8. The van der Waals surface area contributed by atoms with E-state index >= 15 is 0 Å². The summed E-state index contributed by atoms with van der Waals surface area (Å²) in [6.07, 6.45) is 0.410. The molecule has 0 unspecified atom stereocenters. The Morgan fingerprint density at radius 3 is 2.65 bits per heavy atom. The zero-order valence-corrected chi connectivity index (χ0v) is 11.2. The van der Waals surface area contributed by atoms with Crippen molar-refractivity contribution in [2.75, 3.05) is 19.6 Å². The summed E-state index contributed by atoms with van der Waals surface area (Å²) in [5.41, 5.74) is 0.0935. The van der Waals surface area contributed by atoms with E-state index in [4.69, 9.17) is 0 Å². The average molecular weight is 241 g/mol. The first-order valence-electron chi connectivity index (χ1n) is 6.14. The number of likely N-dealkylation sites (tertiary alicyclic amines) is 1. The minimum atomic E-state index is -0.192. The number of urea groups is 1. The molecule has 0 aromatic rings. The quantitative estimate of drug-likeness (QED) is 0.773. The highest BCUT2D eigenvalue weighted by molar-refractivity contribution is 5.81. The van der Waals surface area contributed by atoms with E-state index in [1.807, 2.05) is 11.8 Å². The van der Waals surface area contributed by atoms with Crippen LogP contribution in [0.1, 0.15) is 34.1 Å². The Balaban J connectivity index is 2.44. The maximum Gasteiger partial charge on any atom is 0.315 e. The number of nitrogens with zero attached hydrogens (tertiary/aromatic N) is 1. The Morgan fingerprint density at radius 1 is 1.47 bits per heavy atom. The summed E-state index contributed by atoms with van der Waals surface area (Å²) in [5.74, 6) is 0.127. The van der Waals surface area contributed by atoms with Crippen molar-refractivity contribution in [3.8, 4) is 0 Å². The van der Waals surface area contributed by atoms with Gasteiger partial charge in [0.1, 0.15) is 0 Å². The monoisotopic (exact) mass is 241 g/mol. The second kappa shape index (κ2) is 5.38. The number of amides is 3. The fraction of sp³-hybridized carbons (Fsp3) is 0.833. The summed E-state index contributed by atoms with van der Waals surface area (Å²) in [6, 6.07) is -0.251. The van der Waals surface area contributed by atoms with E-state index in [9.17, 15) is 9.59 Å². The Labute approximate surface area is 103 Å². The number of carbonyl (C=O) groups excluding carboxylic acids is 2. The molecule has 5 heteroatoms. The summed E-state index contributed by atoms with van der Waals surface area (Å²) in [4.78, 5) is 24.9. The van der Waals surface area contributed by atoms with Gasteiger partial charge in [0.05, 0.1) is 6.04 Å². The molecular weight excluding hydrogens is 218 g/mol. The molecule has 1 saturated heterocycles. The van der Waals surface area contributed by atoms with Crippen LogP contribution in [0, 0.1) is 5.41 Å². The second-order valence-corrected chi connectivity index (χ2v) is 5.74. The molecule has 1 atom stereocenters. The third kappa shape index (κ3) is 4.63. The molecule has 0 saturated carbocycles. The van der Waals surface area contributed by atoms with Crippen LogP contribution in [-0.2, 0) is 4.79 Å². The van der Waals surface area contributed by atoms with E-state index in [0.29, 0.717) is 19.5 Å². The lowest BCUT2D eigenvalue weighted by molar-refractivity contribution is -0.128. The van der Waals surface area contributed by atoms with Gasteiger partial charge in [-0.3, -0.25) is 4.79 Å². The van der Waals surface area contributed by atoms with Gasteiger partial charge in [-0.25, -0.2) is 4.79 Å². The predicted octanol–water partition coefficient (Wildman–Crippen LogP) is 0.952. The van der Waals surface area contributed by atoms with E-state index in [-0.39, 0.29) is 23.4 Å². The molecule has 1 heterocycles. The van der Waals surface area contributed by atoms with Gasteiger partial charge in [0.15, 0.2) is 0 Å². The molecule has 0 radical (unpaired) electrons. The lowest BCUT2D eigenvalue weighted by Crippen LogP contribution is -2.43. The molecule has 5 nitrogen and oxygen atoms in total. The fourth-order valence-electron chi connectivity index (χ4n) is 1.99. The normalized spacial score (nSPS) is 20.6. The summed E-state index contributed by atoms with van der Waals surface area (Å²) in [7, 11) is 0. The lowest BCUT2D eigenvalue weighted by Gasteiger charge is -2.26. The highest BCUT2D eigenvalue weighted by Crippen LogP contribution is 2.20. The third-order valence-electron chi connectivity index (χ3n) is 2.55. The second-order valence-electron chi connectivity index (χ2n) is 5.74. The standard InChI is InChI=1S/C12H23N3O2/c1-5-13-11(17)14-9-6-10(16)15(7-9)8-12(2,3)4/h9H,5-8H2,1-4H3,(H2,13,14,17)/t9-/m0/s1. The van der Waals surface area contributed by atoms with Gasteiger partial charge in [-0.15, -0.1) is 0 Å². The zero-order valence-electron chi connectivity index (χ0n) is 11.2. The Kier molecular flexibility index (Phi) is 4.37. The first-order valence-corrected chi connectivity index (χ1v) is 6.14. The summed E-state index contributed by atoms with van der Waals surface area (Å²) < 4.78 is 0. The summed E-state index contributed by atoms with van der Waals surface area (Å²) in [6.45, 7) is 10.1. The van der Waals surface area contributed by atoms with Crippen LogP contribution in [0.15, 0.2) is 0 Å². The molecule has 17 heavy (non-hydrogen) atoms. The zero-order chi connectivity index (χ0) is 13.1. The maximum atomic E-state index is 11.8. The van der Waals surface area contributed by atoms with Crippen LogP contribution < -0.4 is 10.6 Å². The van der Waals surface area contributed by atoms with Crippen molar-refractivity contribution in [1.29, 1.82) is 0 Å². The Hall–Kier alpha value is -1.26. The SMILES string of the molecule is CCNC(=O)N[C@H]1CC(=O)N(CC(C)(C)C)C1. The van der Waals surface area contributed by atoms with E-state index in [0.717, 1.165) is 6.54 Å². The number of carbonyl (C=O) groups is 2. The van der Waals surface area contributed by atoms with Gasteiger partial charge in [0.2, 0.25) is 5.91 Å². The van der Waals surface area contributed by atoms with Crippen LogP contribution in [0.3, 0.4) is 0 Å². The van der Waals surface area contributed by atoms with Crippen molar-refractivity contribution in [1.82, 2.24) is 15.5 Å². The van der Waals surface area contributed by atoms with Crippen LogP contribution in [-0.4, -0.2) is 42.5 Å². The minimum absolute atomic E-state index is 0.0589. The van der Waals surface area contributed by atoms with Crippen molar-refractivity contribution >= 4 is 11.9 Å². The average Bonchev–Trinajstić information content (AvgIpc) is 2.44.